The molecule has 2 aromatic rings. The number of anilines is 1. The first-order valence-corrected chi connectivity index (χ1v) is 5.67. The molecule has 3 nitrogen and oxygen atoms in total. The maximum Gasteiger partial charge on any atom is 0.433 e. The van der Waals surface area contributed by atoms with Gasteiger partial charge in [-0.05, 0) is 36.8 Å². The Hall–Kier alpha value is -2.11. The number of halogens is 3. The van der Waals surface area contributed by atoms with Crippen molar-refractivity contribution in [3.8, 4) is 0 Å². The van der Waals surface area contributed by atoms with Crippen LogP contribution in [0.5, 0.6) is 0 Å². The first kappa shape index (κ1) is 13.3. The standard InChI is InChI=1S/C13H12F3N3/c1-9(10-5-7-17-8-6-10)18-12-4-2-3-11(19-12)13(14,15)16/h2-9H,1H3,(H,18,19). The van der Waals surface area contributed by atoms with E-state index >= 15 is 0 Å². The summed E-state index contributed by atoms with van der Waals surface area (Å²) in [4.78, 5) is 7.45. The molecule has 0 fully saturated rings. The zero-order valence-corrected chi connectivity index (χ0v) is 10.1. The zero-order chi connectivity index (χ0) is 13.9. The van der Waals surface area contributed by atoms with Crippen LogP contribution < -0.4 is 5.32 Å². The summed E-state index contributed by atoms with van der Waals surface area (Å²) >= 11 is 0. The van der Waals surface area contributed by atoms with Gasteiger partial charge in [-0.3, -0.25) is 4.98 Å². The molecule has 0 bridgehead atoms. The second kappa shape index (κ2) is 5.26. The molecule has 1 unspecified atom stereocenters. The monoisotopic (exact) mass is 267 g/mol. The maximum atomic E-state index is 12.5. The van der Waals surface area contributed by atoms with Crippen LogP contribution in [0.1, 0.15) is 24.2 Å². The van der Waals surface area contributed by atoms with Crippen molar-refractivity contribution in [2.75, 3.05) is 5.32 Å². The fourth-order valence-corrected chi connectivity index (χ4v) is 1.63. The Balaban J connectivity index is 2.16. The van der Waals surface area contributed by atoms with Gasteiger partial charge in [0, 0.05) is 12.4 Å². The van der Waals surface area contributed by atoms with Crippen LogP contribution in [0.3, 0.4) is 0 Å². The van der Waals surface area contributed by atoms with Crippen molar-refractivity contribution in [3.05, 3.63) is 54.0 Å². The quantitative estimate of drug-likeness (QED) is 0.922. The van der Waals surface area contributed by atoms with Crippen LogP contribution in [-0.4, -0.2) is 9.97 Å². The summed E-state index contributed by atoms with van der Waals surface area (Å²) in [5, 5.41) is 2.93. The first-order valence-electron chi connectivity index (χ1n) is 5.67. The van der Waals surface area contributed by atoms with Gasteiger partial charge in [0.2, 0.25) is 0 Å². The van der Waals surface area contributed by atoms with Gasteiger partial charge in [-0.15, -0.1) is 0 Å². The van der Waals surface area contributed by atoms with Crippen molar-refractivity contribution >= 4 is 5.82 Å². The molecular formula is C13H12F3N3. The van der Waals surface area contributed by atoms with Crippen LogP contribution >= 0.6 is 0 Å². The molecule has 0 aliphatic heterocycles. The van der Waals surface area contributed by atoms with Crippen LogP contribution in [0.15, 0.2) is 42.7 Å². The van der Waals surface area contributed by atoms with E-state index in [9.17, 15) is 13.2 Å². The average Bonchev–Trinajstić information content (AvgIpc) is 2.39. The van der Waals surface area contributed by atoms with Crippen LogP contribution in [0.25, 0.3) is 0 Å². The van der Waals surface area contributed by atoms with E-state index in [1.807, 2.05) is 6.92 Å². The molecule has 6 heteroatoms. The van der Waals surface area contributed by atoms with Crippen LogP contribution in [0, 0.1) is 0 Å². The lowest BCUT2D eigenvalue weighted by molar-refractivity contribution is -0.141. The van der Waals surface area contributed by atoms with Gasteiger partial charge in [-0.1, -0.05) is 6.07 Å². The normalized spacial score (nSPS) is 13.1. The minimum atomic E-state index is -4.43. The van der Waals surface area contributed by atoms with Crippen LogP contribution in [0.2, 0.25) is 0 Å². The van der Waals surface area contributed by atoms with Crippen molar-refractivity contribution in [2.24, 2.45) is 0 Å². The van der Waals surface area contributed by atoms with E-state index in [0.717, 1.165) is 11.6 Å². The second-order valence-corrected chi connectivity index (χ2v) is 4.05. The molecule has 0 saturated heterocycles. The molecule has 19 heavy (non-hydrogen) atoms. The third-order valence-electron chi connectivity index (χ3n) is 2.61. The number of nitrogens with one attached hydrogen (secondary N) is 1. The molecule has 0 aliphatic rings. The van der Waals surface area contributed by atoms with Gasteiger partial charge in [0.25, 0.3) is 0 Å². The Bertz CT molecular complexity index is 540. The highest BCUT2D eigenvalue weighted by Gasteiger charge is 2.32. The lowest BCUT2D eigenvalue weighted by atomic mass is 10.1. The molecule has 0 radical (unpaired) electrons. The Morgan fingerprint density at radius 1 is 1.11 bits per heavy atom. The van der Waals surface area contributed by atoms with Crippen molar-refractivity contribution in [3.63, 3.8) is 0 Å². The van der Waals surface area contributed by atoms with Gasteiger partial charge in [0.05, 0.1) is 6.04 Å². The molecule has 0 saturated carbocycles. The van der Waals surface area contributed by atoms with E-state index in [1.165, 1.54) is 12.1 Å². The van der Waals surface area contributed by atoms with Crippen molar-refractivity contribution < 1.29 is 13.2 Å². The van der Waals surface area contributed by atoms with E-state index in [2.05, 4.69) is 15.3 Å². The number of pyridine rings is 2. The van der Waals surface area contributed by atoms with Crippen LogP contribution in [-0.2, 0) is 6.18 Å². The van der Waals surface area contributed by atoms with Gasteiger partial charge in [-0.25, -0.2) is 4.98 Å². The van der Waals surface area contributed by atoms with E-state index in [-0.39, 0.29) is 11.9 Å². The molecule has 0 aliphatic carbocycles. The third kappa shape index (κ3) is 3.43. The van der Waals surface area contributed by atoms with E-state index in [0.29, 0.717) is 0 Å². The molecule has 0 spiro atoms. The molecular weight excluding hydrogens is 255 g/mol. The minimum Gasteiger partial charge on any atom is -0.364 e. The number of alkyl halides is 3. The predicted molar refractivity (Wildman–Crippen MR) is 65.5 cm³/mol. The summed E-state index contributed by atoms with van der Waals surface area (Å²) in [6, 6.07) is 7.22. The fraction of sp³-hybridized carbons (Fsp3) is 0.231. The minimum absolute atomic E-state index is 0.154. The third-order valence-corrected chi connectivity index (χ3v) is 2.61. The fourth-order valence-electron chi connectivity index (χ4n) is 1.63. The van der Waals surface area contributed by atoms with Crippen molar-refractivity contribution in [1.82, 2.24) is 9.97 Å². The SMILES string of the molecule is CC(Nc1cccc(C(F)(F)F)n1)c1ccncc1. The smallest absolute Gasteiger partial charge is 0.364 e. The lowest BCUT2D eigenvalue weighted by Gasteiger charge is -2.15. The molecule has 2 rings (SSSR count). The predicted octanol–water partition coefficient (Wildman–Crippen LogP) is 3.67. The van der Waals surface area contributed by atoms with Crippen molar-refractivity contribution in [1.29, 1.82) is 0 Å². The maximum absolute atomic E-state index is 12.5. The number of nitrogens with zero attached hydrogens (tertiary/aromatic N) is 2. The lowest BCUT2D eigenvalue weighted by Crippen LogP contribution is -2.12. The molecule has 0 aromatic carbocycles. The Morgan fingerprint density at radius 2 is 1.79 bits per heavy atom. The molecule has 1 atom stereocenters. The topological polar surface area (TPSA) is 37.8 Å². The molecule has 2 heterocycles. The Morgan fingerprint density at radius 3 is 2.42 bits per heavy atom. The zero-order valence-electron chi connectivity index (χ0n) is 10.1. The van der Waals surface area contributed by atoms with Crippen molar-refractivity contribution in [2.45, 2.75) is 19.1 Å². The Kier molecular flexibility index (Phi) is 3.69. The summed E-state index contributed by atoms with van der Waals surface area (Å²) < 4.78 is 37.6. The van der Waals surface area contributed by atoms with Gasteiger partial charge in [0.1, 0.15) is 11.5 Å². The number of aromatic nitrogens is 2. The first-order chi connectivity index (χ1) is 8.97. The molecule has 0 amide bonds. The summed E-state index contributed by atoms with van der Waals surface area (Å²) in [6.45, 7) is 1.84. The number of hydrogen-bond acceptors (Lipinski definition) is 3. The highest BCUT2D eigenvalue weighted by molar-refractivity contribution is 5.39. The number of hydrogen-bond donors (Lipinski definition) is 1. The largest absolute Gasteiger partial charge is 0.433 e. The molecule has 1 N–H and O–H groups in total. The van der Waals surface area contributed by atoms with E-state index < -0.39 is 11.9 Å². The van der Waals surface area contributed by atoms with E-state index in [4.69, 9.17) is 0 Å². The summed E-state index contributed by atoms with van der Waals surface area (Å²) in [6.07, 6.45) is -1.17. The molecule has 2 aromatic heterocycles. The highest BCUT2D eigenvalue weighted by Crippen LogP contribution is 2.28. The van der Waals surface area contributed by atoms with Gasteiger partial charge in [0.15, 0.2) is 0 Å². The average molecular weight is 267 g/mol. The van der Waals surface area contributed by atoms with Gasteiger partial charge in [-0.2, -0.15) is 13.2 Å². The summed E-state index contributed by atoms with van der Waals surface area (Å²) in [7, 11) is 0. The number of rotatable bonds is 3. The second-order valence-electron chi connectivity index (χ2n) is 4.05. The summed E-state index contributed by atoms with van der Waals surface area (Å²) in [5.41, 5.74) is 0.0219. The van der Waals surface area contributed by atoms with Gasteiger partial charge >= 0.3 is 6.18 Å². The summed E-state index contributed by atoms with van der Waals surface area (Å²) in [5.74, 6) is 0.194. The Labute approximate surface area is 108 Å². The molecule has 100 valence electrons. The highest BCUT2D eigenvalue weighted by atomic mass is 19.4. The van der Waals surface area contributed by atoms with Crippen LogP contribution in [0.4, 0.5) is 19.0 Å². The van der Waals surface area contributed by atoms with Gasteiger partial charge < -0.3 is 5.32 Å². The van der Waals surface area contributed by atoms with E-state index in [1.54, 1.807) is 24.5 Å².